The summed E-state index contributed by atoms with van der Waals surface area (Å²) in [6.07, 6.45) is 68.7. The Kier molecular flexibility index (Phi) is 49.8. The topological polar surface area (TPSA) is 69.6 Å². The van der Waals surface area contributed by atoms with Gasteiger partial charge in [-0.3, -0.25) is 4.79 Å². The van der Waals surface area contributed by atoms with Crippen LogP contribution in [0.25, 0.3) is 0 Å². The van der Waals surface area contributed by atoms with Gasteiger partial charge in [0.15, 0.2) is 0 Å². The lowest BCUT2D eigenvalue weighted by atomic mass is 10.0. The van der Waals surface area contributed by atoms with Gasteiger partial charge in [-0.25, -0.2) is 0 Å². The normalized spacial score (nSPS) is 13.1. The second-order valence-electron chi connectivity index (χ2n) is 18.3. The van der Waals surface area contributed by atoms with Crippen molar-refractivity contribution < 1.29 is 15.0 Å². The SMILES string of the molecule is CCCCCCCCCCCCCC/C=C\CCCCCCCCCCCCCCCC(=O)NC(CO)C(O)/C=C/CC/C=C/CCCCCCCCCCCCCC. The van der Waals surface area contributed by atoms with Crippen molar-refractivity contribution in [2.45, 2.75) is 302 Å². The molecule has 0 fully saturated rings. The number of aliphatic hydroxyl groups is 2. The van der Waals surface area contributed by atoms with Crippen molar-refractivity contribution in [2.24, 2.45) is 0 Å². The fraction of sp³-hybridized carbons (Fsp3) is 0.873. The lowest BCUT2D eigenvalue weighted by molar-refractivity contribution is -0.123. The first-order chi connectivity index (χ1) is 29.2. The molecule has 1 amide bonds. The Bertz CT molecular complexity index is 897. The Morgan fingerprint density at radius 2 is 0.661 bits per heavy atom. The van der Waals surface area contributed by atoms with Crippen molar-refractivity contribution in [3.8, 4) is 0 Å². The number of aliphatic hydroxyl groups excluding tert-OH is 2. The molecule has 0 saturated carbocycles. The van der Waals surface area contributed by atoms with Gasteiger partial charge in [-0.05, 0) is 57.8 Å². The Morgan fingerprint density at radius 1 is 0.390 bits per heavy atom. The van der Waals surface area contributed by atoms with Crippen molar-refractivity contribution in [2.75, 3.05) is 6.61 Å². The third kappa shape index (κ3) is 47.5. The average molecular weight is 828 g/mol. The van der Waals surface area contributed by atoms with E-state index < -0.39 is 12.1 Å². The van der Waals surface area contributed by atoms with Crippen LogP contribution in [0.1, 0.15) is 290 Å². The number of hydrogen-bond donors (Lipinski definition) is 3. The smallest absolute Gasteiger partial charge is 0.220 e. The number of carbonyl (C=O) groups is 1. The standard InChI is InChI=1S/C55H105NO3/c1-3-5-7-9-11-13-15-17-19-21-23-24-25-26-27-28-29-30-31-32-33-35-37-39-41-43-45-47-49-51-55(59)56-53(52-57)54(58)50-48-46-44-42-40-38-36-34-22-20-18-16-14-12-10-8-6-4-2/h26-27,40,42,48,50,53-54,57-58H,3-25,28-39,41,43-47,49,51-52H2,1-2H3,(H,56,59)/b27-26-,42-40+,50-48+. The highest BCUT2D eigenvalue weighted by Crippen LogP contribution is 2.16. The zero-order chi connectivity index (χ0) is 42.8. The van der Waals surface area contributed by atoms with Crippen LogP contribution in [0, 0.1) is 0 Å². The maximum Gasteiger partial charge on any atom is 0.220 e. The van der Waals surface area contributed by atoms with Gasteiger partial charge in [0.25, 0.3) is 0 Å². The zero-order valence-electron chi connectivity index (χ0n) is 40.0. The number of unbranched alkanes of at least 4 members (excludes halogenated alkanes) is 38. The number of rotatable bonds is 49. The van der Waals surface area contributed by atoms with Gasteiger partial charge in [0, 0.05) is 6.42 Å². The summed E-state index contributed by atoms with van der Waals surface area (Å²) in [6.45, 7) is 4.32. The van der Waals surface area contributed by atoms with Crippen LogP contribution in [0.3, 0.4) is 0 Å². The second kappa shape index (κ2) is 51.0. The summed E-state index contributed by atoms with van der Waals surface area (Å²) in [5, 5.41) is 23.1. The van der Waals surface area contributed by atoms with E-state index >= 15 is 0 Å². The van der Waals surface area contributed by atoms with Gasteiger partial charge in [-0.2, -0.15) is 0 Å². The molecule has 0 aliphatic heterocycles. The first kappa shape index (κ1) is 57.6. The summed E-state index contributed by atoms with van der Waals surface area (Å²) < 4.78 is 0. The van der Waals surface area contributed by atoms with Crippen molar-refractivity contribution in [1.82, 2.24) is 5.32 Å². The minimum absolute atomic E-state index is 0.0706. The maximum absolute atomic E-state index is 12.4. The predicted octanol–water partition coefficient (Wildman–Crippen LogP) is 17.3. The van der Waals surface area contributed by atoms with E-state index in [4.69, 9.17) is 0 Å². The third-order valence-electron chi connectivity index (χ3n) is 12.3. The van der Waals surface area contributed by atoms with Crippen LogP contribution in [0.4, 0.5) is 0 Å². The zero-order valence-corrected chi connectivity index (χ0v) is 40.0. The fourth-order valence-electron chi connectivity index (χ4n) is 8.25. The number of allylic oxidation sites excluding steroid dienone is 5. The van der Waals surface area contributed by atoms with Gasteiger partial charge in [0.2, 0.25) is 5.91 Å². The van der Waals surface area contributed by atoms with Crippen LogP contribution in [-0.4, -0.2) is 34.9 Å². The first-order valence-corrected chi connectivity index (χ1v) is 26.7. The predicted molar refractivity (Wildman–Crippen MR) is 262 cm³/mol. The Balaban J connectivity index is 3.50. The lowest BCUT2D eigenvalue weighted by Gasteiger charge is -2.19. The fourth-order valence-corrected chi connectivity index (χ4v) is 8.25. The third-order valence-corrected chi connectivity index (χ3v) is 12.3. The van der Waals surface area contributed by atoms with Crippen LogP contribution in [0.5, 0.6) is 0 Å². The van der Waals surface area contributed by atoms with E-state index in [-0.39, 0.29) is 12.5 Å². The van der Waals surface area contributed by atoms with Crippen molar-refractivity contribution in [3.63, 3.8) is 0 Å². The maximum atomic E-state index is 12.4. The summed E-state index contributed by atoms with van der Waals surface area (Å²) in [6, 6.07) is -0.638. The molecule has 0 aromatic heterocycles. The molecule has 0 rings (SSSR count). The Labute approximate surface area is 370 Å². The summed E-state index contributed by atoms with van der Waals surface area (Å²) in [4.78, 5) is 12.4. The molecule has 0 radical (unpaired) electrons. The summed E-state index contributed by atoms with van der Waals surface area (Å²) >= 11 is 0. The van der Waals surface area contributed by atoms with E-state index in [1.54, 1.807) is 6.08 Å². The van der Waals surface area contributed by atoms with Gasteiger partial charge in [0.05, 0.1) is 18.8 Å². The highest BCUT2D eigenvalue weighted by Gasteiger charge is 2.17. The second-order valence-corrected chi connectivity index (χ2v) is 18.3. The van der Waals surface area contributed by atoms with Crippen LogP contribution < -0.4 is 5.32 Å². The molecule has 3 N–H and O–H groups in total. The van der Waals surface area contributed by atoms with Crippen LogP contribution >= 0.6 is 0 Å². The minimum atomic E-state index is -0.861. The molecule has 0 aliphatic rings. The van der Waals surface area contributed by atoms with E-state index in [9.17, 15) is 15.0 Å². The van der Waals surface area contributed by atoms with Crippen molar-refractivity contribution >= 4 is 5.91 Å². The lowest BCUT2D eigenvalue weighted by Crippen LogP contribution is -2.45. The molecule has 59 heavy (non-hydrogen) atoms. The van der Waals surface area contributed by atoms with E-state index in [0.29, 0.717) is 6.42 Å². The molecular weight excluding hydrogens is 723 g/mol. The van der Waals surface area contributed by atoms with E-state index in [0.717, 1.165) is 32.1 Å². The van der Waals surface area contributed by atoms with Gasteiger partial charge in [0.1, 0.15) is 0 Å². The molecule has 0 aromatic carbocycles. The number of carbonyl (C=O) groups excluding carboxylic acids is 1. The quantitative estimate of drug-likeness (QED) is 0.0423. The Morgan fingerprint density at radius 3 is 0.983 bits per heavy atom. The monoisotopic (exact) mass is 828 g/mol. The molecule has 0 spiro atoms. The molecule has 0 bridgehead atoms. The molecule has 0 heterocycles. The molecule has 0 aromatic rings. The largest absolute Gasteiger partial charge is 0.394 e. The molecule has 348 valence electrons. The number of nitrogens with one attached hydrogen (secondary N) is 1. The van der Waals surface area contributed by atoms with Crippen LogP contribution in [-0.2, 0) is 4.79 Å². The summed E-state index contributed by atoms with van der Waals surface area (Å²) in [5.74, 6) is -0.0706. The molecule has 2 atom stereocenters. The van der Waals surface area contributed by atoms with E-state index in [2.05, 4.69) is 43.5 Å². The molecule has 2 unspecified atom stereocenters. The number of amides is 1. The van der Waals surface area contributed by atoms with Gasteiger partial charge in [-0.1, -0.05) is 262 Å². The summed E-state index contributed by atoms with van der Waals surface area (Å²) in [5.41, 5.74) is 0. The van der Waals surface area contributed by atoms with E-state index in [1.807, 2.05) is 6.08 Å². The highest BCUT2D eigenvalue weighted by molar-refractivity contribution is 5.76. The highest BCUT2D eigenvalue weighted by atomic mass is 16.3. The minimum Gasteiger partial charge on any atom is -0.394 e. The molecular formula is C55H105NO3. The van der Waals surface area contributed by atoms with Crippen LogP contribution in [0.15, 0.2) is 36.5 Å². The molecule has 0 aliphatic carbocycles. The van der Waals surface area contributed by atoms with Gasteiger partial charge >= 0.3 is 0 Å². The molecule has 0 saturated heterocycles. The Hall–Kier alpha value is -1.39. The molecule has 4 heteroatoms. The van der Waals surface area contributed by atoms with Gasteiger partial charge < -0.3 is 15.5 Å². The van der Waals surface area contributed by atoms with Crippen LogP contribution in [0.2, 0.25) is 0 Å². The average Bonchev–Trinajstić information content (AvgIpc) is 3.24. The molecule has 4 nitrogen and oxygen atoms in total. The van der Waals surface area contributed by atoms with Crippen molar-refractivity contribution in [1.29, 1.82) is 0 Å². The van der Waals surface area contributed by atoms with Crippen molar-refractivity contribution in [3.05, 3.63) is 36.5 Å². The number of hydrogen-bond acceptors (Lipinski definition) is 3. The summed E-state index contributed by atoms with van der Waals surface area (Å²) in [7, 11) is 0. The van der Waals surface area contributed by atoms with Gasteiger partial charge in [-0.15, -0.1) is 0 Å². The van der Waals surface area contributed by atoms with E-state index in [1.165, 1.54) is 238 Å². The first-order valence-electron chi connectivity index (χ1n) is 26.7.